The van der Waals surface area contributed by atoms with Crippen molar-refractivity contribution in [1.29, 1.82) is 0 Å². The molecule has 0 saturated heterocycles. The molecule has 0 radical (unpaired) electrons. The Kier molecular flexibility index (Phi) is 3.24. The summed E-state index contributed by atoms with van der Waals surface area (Å²) in [5, 5.41) is 0. The first-order valence-electron chi connectivity index (χ1n) is 5.85. The second-order valence-corrected chi connectivity index (χ2v) is 4.54. The molecule has 2 nitrogen and oxygen atoms in total. The van der Waals surface area contributed by atoms with Gasteiger partial charge in [0.25, 0.3) is 0 Å². The highest BCUT2D eigenvalue weighted by atomic mass is 19.1. The normalized spacial score (nSPS) is 10.4. The van der Waals surface area contributed by atoms with Gasteiger partial charge < -0.3 is 10.6 Å². The van der Waals surface area contributed by atoms with Crippen LogP contribution in [0.5, 0.6) is 0 Å². The van der Waals surface area contributed by atoms with Gasteiger partial charge in [0.1, 0.15) is 5.82 Å². The van der Waals surface area contributed by atoms with Gasteiger partial charge in [0.05, 0.1) is 0 Å². The van der Waals surface area contributed by atoms with Gasteiger partial charge in [-0.2, -0.15) is 0 Å². The monoisotopic (exact) mass is 244 g/mol. The number of hydrogen-bond acceptors (Lipinski definition) is 2. The van der Waals surface area contributed by atoms with Crippen molar-refractivity contribution in [3.63, 3.8) is 0 Å². The van der Waals surface area contributed by atoms with Gasteiger partial charge in [0, 0.05) is 24.1 Å². The summed E-state index contributed by atoms with van der Waals surface area (Å²) in [6.07, 6.45) is 0. The third kappa shape index (κ3) is 2.30. The van der Waals surface area contributed by atoms with E-state index in [0.717, 1.165) is 16.9 Å². The summed E-state index contributed by atoms with van der Waals surface area (Å²) in [6.45, 7) is 3.93. The van der Waals surface area contributed by atoms with Crippen molar-refractivity contribution in [2.45, 2.75) is 13.8 Å². The molecule has 0 spiro atoms. The molecule has 0 amide bonds. The number of nitrogens with zero attached hydrogens (tertiary/aromatic N) is 1. The van der Waals surface area contributed by atoms with Gasteiger partial charge in [-0.05, 0) is 49.2 Å². The zero-order chi connectivity index (χ0) is 13.3. The van der Waals surface area contributed by atoms with E-state index in [1.54, 1.807) is 0 Å². The first-order valence-corrected chi connectivity index (χ1v) is 5.85. The summed E-state index contributed by atoms with van der Waals surface area (Å²) in [7, 11) is 1.91. The molecule has 0 unspecified atom stereocenters. The first-order chi connectivity index (χ1) is 8.49. The SMILES string of the molecule is Cc1cccc(N(C)c2cc(F)cc(N)c2C)c1. The predicted molar refractivity (Wildman–Crippen MR) is 74.8 cm³/mol. The molecule has 0 bridgehead atoms. The smallest absolute Gasteiger partial charge is 0.127 e. The minimum atomic E-state index is -0.312. The molecule has 0 heterocycles. The summed E-state index contributed by atoms with van der Waals surface area (Å²) in [6, 6.07) is 10.9. The minimum absolute atomic E-state index is 0.312. The van der Waals surface area contributed by atoms with Crippen LogP contribution in [-0.2, 0) is 0 Å². The molecule has 2 aromatic carbocycles. The lowest BCUT2D eigenvalue weighted by atomic mass is 10.1. The Hall–Kier alpha value is -2.03. The summed E-state index contributed by atoms with van der Waals surface area (Å²) in [4.78, 5) is 1.95. The molecule has 0 saturated carbocycles. The van der Waals surface area contributed by atoms with Crippen LogP contribution in [0.4, 0.5) is 21.5 Å². The predicted octanol–water partition coefficient (Wildman–Crippen LogP) is 3.79. The van der Waals surface area contributed by atoms with Gasteiger partial charge in [0.2, 0.25) is 0 Å². The molecular formula is C15H17FN2. The lowest BCUT2D eigenvalue weighted by molar-refractivity contribution is 0.628. The second-order valence-electron chi connectivity index (χ2n) is 4.54. The van der Waals surface area contributed by atoms with Crippen molar-refractivity contribution in [3.8, 4) is 0 Å². The number of nitrogen functional groups attached to an aromatic ring is 1. The molecule has 94 valence electrons. The highest BCUT2D eigenvalue weighted by molar-refractivity contribution is 5.71. The quantitative estimate of drug-likeness (QED) is 0.814. The first kappa shape index (κ1) is 12.4. The highest BCUT2D eigenvalue weighted by Crippen LogP contribution is 2.31. The topological polar surface area (TPSA) is 29.3 Å². The van der Waals surface area contributed by atoms with Crippen molar-refractivity contribution in [2.24, 2.45) is 0 Å². The molecule has 0 aromatic heterocycles. The van der Waals surface area contributed by atoms with E-state index in [9.17, 15) is 4.39 Å². The Bertz CT molecular complexity index is 579. The maximum Gasteiger partial charge on any atom is 0.127 e. The Morgan fingerprint density at radius 2 is 1.83 bits per heavy atom. The Morgan fingerprint density at radius 3 is 2.50 bits per heavy atom. The van der Waals surface area contributed by atoms with E-state index in [0.29, 0.717) is 5.69 Å². The third-order valence-electron chi connectivity index (χ3n) is 3.14. The number of aryl methyl sites for hydroxylation is 1. The van der Waals surface area contributed by atoms with Crippen LogP contribution in [0, 0.1) is 19.7 Å². The molecular weight excluding hydrogens is 227 g/mol. The average Bonchev–Trinajstić information content (AvgIpc) is 2.33. The van der Waals surface area contributed by atoms with Gasteiger partial charge in [-0.3, -0.25) is 0 Å². The standard InChI is InChI=1S/C15H17FN2/c1-10-5-4-6-13(7-10)18(3)15-9-12(16)8-14(17)11(15)2/h4-9H,17H2,1-3H3. The zero-order valence-electron chi connectivity index (χ0n) is 10.9. The lowest BCUT2D eigenvalue weighted by Crippen LogP contribution is -2.12. The van der Waals surface area contributed by atoms with Crippen LogP contribution in [0.15, 0.2) is 36.4 Å². The molecule has 2 aromatic rings. The van der Waals surface area contributed by atoms with Crippen LogP contribution in [0.2, 0.25) is 0 Å². The molecule has 2 rings (SSSR count). The lowest BCUT2D eigenvalue weighted by Gasteiger charge is -2.23. The number of rotatable bonds is 2. The van der Waals surface area contributed by atoms with Gasteiger partial charge in [-0.1, -0.05) is 12.1 Å². The van der Waals surface area contributed by atoms with E-state index in [2.05, 4.69) is 6.07 Å². The molecule has 0 aliphatic carbocycles. The highest BCUT2D eigenvalue weighted by Gasteiger charge is 2.11. The van der Waals surface area contributed by atoms with E-state index in [1.807, 2.05) is 44.0 Å². The molecule has 0 atom stereocenters. The number of halogens is 1. The van der Waals surface area contributed by atoms with Crippen molar-refractivity contribution >= 4 is 17.1 Å². The summed E-state index contributed by atoms with van der Waals surface area (Å²) in [5.74, 6) is -0.312. The molecule has 0 fully saturated rings. The van der Waals surface area contributed by atoms with Crippen molar-refractivity contribution in [1.82, 2.24) is 0 Å². The van der Waals surface area contributed by atoms with Crippen LogP contribution in [0.3, 0.4) is 0 Å². The molecule has 2 N–H and O–H groups in total. The van der Waals surface area contributed by atoms with E-state index >= 15 is 0 Å². The van der Waals surface area contributed by atoms with E-state index in [1.165, 1.54) is 17.7 Å². The molecule has 0 aliphatic heterocycles. The maximum atomic E-state index is 13.5. The van der Waals surface area contributed by atoms with Gasteiger partial charge in [-0.15, -0.1) is 0 Å². The molecule has 3 heteroatoms. The minimum Gasteiger partial charge on any atom is -0.398 e. The van der Waals surface area contributed by atoms with Crippen LogP contribution < -0.4 is 10.6 Å². The fourth-order valence-corrected chi connectivity index (χ4v) is 2.01. The Balaban J connectivity index is 2.49. The number of nitrogens with two attached hydrogens (primary N) is 1. The van der Waals surface area contributed by atoms with Crippen molar-refractivity contribution in [3.05, 3.63) is 53.3 Å². The summed E-state index contributed by atoms with van der Waals surface area (Å²) >= 11 is 0. The second kappa shape index (κ2) is 4.69. The van der Waals surface area contributed by atoms with Crippen LogP contribution in [0.25, 0.3) is 0 Å². The average molecular weight is 244 g/mol. The Morgan fingerprint density at radius 1 is 1.11 bits per heavy atom. The van der Waals surface area contributed by atoms with Crippen molar-refractivity contribution in [2.75, 3.05) is 17.7 Å². The van der Waals surface area contributed by atoms with Crippen molar-refractivity contribution < 1.29 is 4.39 Å². The number of anilines is 3. The fourth-order valence-electron chi connectivity index (χ4n) is 2.01. The summed E-state index contributed by atoms with van der Waals surface area (Å²) in [5.41, 5.74) is 10.1. The van der Waals surface area contributed by atoms with Gasteiger partial charge in [0.15, 0.2) is 0 Å². The largest absolute Gasteiger partial charge is 0.398 e. The Labute approximate surface area is 107 Å². The summed E-state index contributed by atoms with van der Waals surface area (Å²) < 4.78 is 13.5. The van der Waals surface area contributed by atoms with Crippen LogP contribution >= 0.6 is 0 Å². The van der Waals surface area contributed by atoms with Gasteiger partial charge >= 0.3 is 0 Å². The van der Waals surface area contributed by atoms with E-state index in [4.69, 9.17) is 5.73 Å². The maximum absolute atomic E-state index is 13.5. The van der Waals surface area contributed by atoms with Crippen LogP contribution in [-0.4, -0.2) is 7.05 Å². The fraction of sp³-hybridized carbons (Fsp3) is 0.200. The molecule has 18 heavy (non-hydrogen) atoms. The van der Waals surface area contributed by atoms with Crippen LogP contribution in [0.1, 0.15) is 11.1 Å². The zero-order valence-corrected chi connectivity index (χ0v) is 10.9. The van der Waals surface area contributed by atoms with E-state index < -0.39 is 0 Å². The number of hydrogen-bond donors (Lipinski definition) is 1. The van der Waals surface area contributed by atoms with E-state index in [-0.39, 0.29) is 5.82 Å². The number of benzene rings is 2. The third-order valence-corrected chi connectivity index (χ3v) is 3.14. The molecule has 0 aliphatic rings. The van der Waals surface area contributed by atoms with Gasteiger partial charge in [-0.25, -0.2) is 4.39 Å².